The third-order valence-corrected chi connectivity index (χ3v) is 4.40. The molecule has 0 saturated carbocycles. The molecule has 4 nitrogen and oxygen atoms in total. The molecule has 7 heteroatoms. The van der Waals surface area contributed by atoms with Crippen LogP contribution in [0.3, 0.4) is 0 Å². The molecule has 1 atom stereocenters. The van der Waals surface area contributed by atoms with E-state index in [2.05, 4.69) is 5.32 Å². The quantitative estimate of drug-likeness (QED) is 0.798. The maximum absolute atomic E-state index is 11.7. The van der Waals surface area contributed by atoms with Crippen molar-refractivity contribution in [2.75, 3.05) is 0 Å². The van der Waals surface area contributed by atoms with Crippen LogP contribution in [-0.4, -0.2) is 23.0 Å². The van der Waals surface area contributed by atoms with Gasteiger partial charge in [-0.15, -0.1) is 11.3 Å². The van der Waals surface area contributed by atoms with Gasteiger partial charge in [0.05, 0.1) is 8.67 Å². The third kappa shape index (κ3) is 5.31. The first kappa shape index (κ1) is 17.3. The van der Waals surface area contributed by atoms with Gasteiger partial charge in [0.25, 0.3) is 0 Å². The number of carbonyl (C=O) groups excluding carboxylic acids is 1. The zero-order valence-corrected chi connectivity index (χ0v) is 13.6. The Bertz CT molecular complexity index is 488. The van der Waals surface area contributed by atoms with Gasteiger partial charge in [-0.2, -0.15) is 0 Å². The van der Waals surface area contributed by atoms with Gasteiger partial charge in [-0.05, 0) is 30.4 Å². The summed E-state index contributed by atoms with van der Waals surface area (Å²) in [5.41, 5.74) is 0.924. The van der Waals surface area contributed by atoms with Crippen LogP contribution in [-0.2, 0) is 16.0 Å². The number of hydrogen-bond acceptors (Lipinski definition) is 3. The van der Waals surface area contributed by atoms with Crippen LogP contribution in [0.25, 0.3) is 0 Å². The Morgan fingerprint density at radius 1 is 1.40 bits per heavy atom. The molecule has 2 N–H and O–H groups in total. The predicted molar refractivity (Wildman–Crippen MR) is 81.7 cm³/mol. The second-order valence-corrected chi connectivity index (χ2v) is 7.12. The number of carboxylic acids is 1. The molecular weight excluding hydrogens is 321 g/mol. The number of halogens is 2. The first-order chi connectivity index (χ1) is 9.31. The van der Waals surface area contributed by atoms with Gasteiger partial charge in [0, 0.05) is 6.42 Å². The number of hydrogen-bond donors (Lipinski definition) is 2. The van der Waals surface area contributed by atoms with E-state index < -0.39 is 12.0 Å². The van der Waals surface area contributed by atoms with Crippen molar-refractivity contribution >= 4 is 46.4 Å². The minimum Gasteiger partial charge on any atom is -0.480 e. The average molecular weight is 338 g/mol. The van der Waals surface area contributed by atoms with Crippen LogP contribution in [0, 0.1) is 5.92 Å². The monoisotopic (exact) mass is 337 g/mol. The highest BCUT2D eigenvalue weighted by Gasteiger charge is 2.23. The lowest BCUT2D eigenvalue weighted by Crippen LogP contribution is -2.44. The number of thiophene rings is 1. The van der Waals surface area contributed by atoms with Crippen LogP contribution in [0.4, 0.5) is 0 Å². The molecule has 0 bridgehead atoms. The van der Waals surface area contributed by atoms with E-state index in [9.17, 15) is 9.59 Å². The molecule has 0 spiro atoms. The van der Waals surface area contributed by atoms with E-state index in [-0.39, 0.29) is 18.2 Å². The van der Waals surface area contributed by atoms with E-state index in [1.807, 2.05) is 0 Å². The Hall–Kier alpha value is -0.780. The highest BCUT2D eigenvalue weighted by molar-refractivity contribution is 7.20. The number of aryl methyl sites for hydroxylation is 1. The summed E-state index contributed by atoms with van der Waals surface area (Å²) in [6.45, 7) is 3.51. The smallest absolute Gasteiger partial charge is 0.326 e. The zero-order valence-electron chi connectivity index (χ0n) is 11.3. The molecule has 1 heterocycles. The topological polar surface area (TPSA) is 66.4 Å². The first-order valence-electron chi connectivity index (χ1n) is 6.27. The summed E-state index contributed by atoms with van der Waals surface area (Å²) in [7, 11) is 0. The lowest BCUT2D eigenvalue weighted by molar-refractivity contribution is -0.143. The van der Waals surface area contributed by atoms with E-state index in [1.165, 1.54) is 11.3 Å². The summed E-state index contributed by atoms with van der Waals surface area (Å²) in [6, 6.07) is 0.947. The van der Waals surface area contributed by atoms with Gasteiger partial charge in [0.1, 0.15) is 6.04 Å². The number of carbonyl (C=O) groups is 2. The van der Waals surface area contributed by atoms with Gasteiger partial charge in [-0.3, -0.25) is 4.79 Å². The molecule has 20 heavy (non-hydrogen) atoms. The minimum absolute atomic E-state index is 0.151. The average Bonchev–Trinajstić information content (AvgIpc) is 2.64. The molecule has 1 unspecified atom stereocenters. The fourth-order valence-electron chi connectivity index (χ4n) is 1.74. The Kier molecular flexibility index (Phi) is 6.79. The van der Waals surface area contributed by atoms with Crippen molar-refractivity contribution in [2.45, 2.75) is 39.2 Å². The SMILES string of the molecule is CC(C)C(NC(=O)CCCc1cc(Cl)sc1Cl)C(=O)O. The molecule has 1 amide bonds. The number of rotatable bonds is 7. The molecule has 112 valence electrons. The lowest BCUT2D eigenvalue weighted by atomic mass is 10.0. The lowest BCUT2D eigenvalue weighted by Gasteiger charge is -2.17. The van der Waals surface area contributed by atoms with Crippen molar-refractivity contribution in [1.82, 2.24) is 5.32 Å². The van der Waals surface area contributed by atoms with Crippen molar-refractivity contribution in [3.8, 4) is 0 Å². The van der Waals surface area contributed by atoms with Crippen molar-refractivity contribution < 1.29 is 14.7 Å². The maximum atomic E-state index is 11.7. The van der Waals surface area contributed by atoms with Gasteiger partial charge in [-0.1, -0.05) is 37.0 Å². The number of carboxylic acid groups (broad SMARTS) is 1. The Morgan fingerprint density at radius 3 is 2.50 bits per heavy atom. The fourth-order valence-corrected chi connectivity index (χ4v) is 3.29. The standard InChI is InChI=1S/C13H17Cl2NO3S/c1-7(2)11(13(18)19)16-10(17)5-3-4-8-6-9(14)20-12(8)15/h6-7,11H,3-5H2,1-2H3,(H,16,17)(H,18,19). The molecule has 0 aromatic carbocycles. The number of nitrogens with one attached hydrogen (secondary N) is 1. The summed E-state index contributed by atoms with van der Waals surface area (Å²) < 4.78 is 1.27. The maximum Gasteiger partial charge on any atom is 0.326 e. The Morgan fingerprint density at radius 2 is 2.05 bits per heavy atom. The van der Waals surface area contributed by atoms with Crippen LogP contribution in [0.1, 0.15) is 32.3 Å². The predicted octanol–water partition coefficient (Wildman–Crippen LogP) is 3.60. The molecule has 1 rings (SSSR count). The summed E-state index contributed by atoms with van der Waals surface area (Å²) >= 11 is 13.1. The minimum atomic E-state index is -1.01. The first-order valence-corrected chi connectivity index (χ1v) is 7.84. The van der Waals surface area contributed by atoms with Crippen LogP contribution in [0.15, 0.2) is 6.07 Å². The van der Waals surface area contributed by atoms with Crippen LogP contribution < -0.4 is 5.32 Å². The normalized spacial score (nSPS) is 12.4. The van der Waals surface area contributed by atoms with Crippen LogP contribution in [0.5, 0.6) is 0 Å². The Labute approximate surface area is 132 Å². The molecule has 0 aliphatic rings. The molecule has 0 aliphatic heterocycles. The zero-order chi connectivity index (χ0) is 15.3. The van der Waals surface area contributed by atoms with Gasteiger partial charge < -0.3 is 10.4 Å². The van der Waals surface area contributed by atoms with Crippen molar-refractivity contribution in [1.29, 1.82) is 0 Å². The van der Waals surface area contributed by atoms with Gasteiger partial charge in [0.15, 0.2) is 0 Å². The highest BCUT2D eigenvalue weighted by atomic mass is 35.5. The highest BCUT2D eigenvalue weighted by Crippen LogP contribution is 2.31. The number of amides is 1. The van der Waals surface area contributed by atoms with E-state index in [0.29, 0.717) is 21.5 Å². The van der Waals surface area contributed by atoms with Gasteiger partial charge in [0.2, 0.25) is 5.91 Å². The van der Waals surface area contributed by atoms with Crippen LogP contribution in [0.2, 0.25) is 8.67 Å². The van der Waals surface area contributed by atoms with E-state index in [0.717, 1.165) is 5.56 Å². The fraction of sp³-hybridized carbons (Fsp3) is 0.538. The van der Waals surface area contributed by atoms with Gasteiger partial charge in [-0.25, -0.2) is 4.79 Å². The van der Waals surface area contributed by atoms with E-state index >= 15 is 0 Å². The molecule has 1 aromatic heterocycles. The Balaban J connectivity index is 2.40. The van der Waals surface area contributed by atoms with E-state index in [4.69, 9.17) is 28.3 Å². The second-order valence-electron chi connectivity index (χ2n) is 4.83. The van der Waals surface area contributed by atoms with Gasteiger partial charge >= 0.3 is 5.97 Å². The molecular formula is C13H17Cl2NO3S. The molecule has 0 fully saturated rings. The summed E-state index contributed by atoms with van der Waals surface area (Å²) in [4.78, 5) is 22.7. The molecule has 1 aromatic rings. The third-order valence-electron chi connectivity index (χ3n) is 2.83. The van der Waals surface area contributed by atoms with E-state index in [1.54, 1.807) is 19.9 Å². The van der Waals surface area contributed by atoms with Crippen molar-refractivity contribution in [3.63, 3.8) is 0 Å². The molecule has 0 aliphatic carbocycles. The van der Waals surface area contributed by atoms with Crippen LogP contribution >= 0.6 is 34.5 Å². The van der Waals surface area contributed by atoms with Crippen molar-refractivity contribution in [3.05, 3.63) is 20.3 Å². The summed E-state index contributed by atoms with van der Waals surface area (Å²) in [5.74, 6) is -1.42. The molecule has 0 saturated heterocycles. The largest absolute Gasteiger partial charge is 0.480 e. The summed E-state index contributed by atoms with van der Waals surface area (Å²) in [6.07, 6.45) is 1.51. The molecule has 0 radical (unpaired) electrons. The number of aliphatic carboxylic acids is 1. The summed E-state index contributed by atoms with van der Waals surface area (Å²) in [5, 5.41) is 11.5. The second kappa shape index (κ2) is 7.86. The van der Waals surface area contributed by atoms with Crippen molar-refractivity contribution in [2.24, 2.45) is 5.92 Å².